The van der Waals surface area contributed by atoms with Crippen molar-refractivity contribution in [2.75, 3.05) is 0 Å². The van der Waals surface area contributed by atoms with Crippen molar-refractivity contribution in [2.24, 2.45) is 11.5 Å². The van der Waals surface area contributed by atoms with Crippen LogP contribution in [-0.4, -0.2) is 23.8 Å². The number of fused-ring (bicyclic) bond motifs is 3. The van der Waals surface area contributed by atoms with E-state index in [1.165, 1.54) is 0 Å². The summed E-state index contributed by atoms with van der Waals surface area (Å²) in [7, 11) is 0. The van der Waals surface area contributed by atoms with E-state index in [-0.39, 0.29) is 18.3 Å². The summed E-state index contributed by atoms with van der Waals surface area (Å²) in [5.74, 6) is -0.781. The number of nitrogens with two attached hydrogens (primary N) is 2. The predicted molar refractivity (Wildman–Crippen MR) is 125 cm³/mol. The molecule has 5 heteroatoms. The van der Waals surface area contributed by atoms with Gasteiger partial charge in [0.1, 0.15) is 12.6 Å². The molecule has 0 spiro atoms. The number of hydrogen-bond acceptors (Lipinski definition) is 5. The second kappa shape index (κ2) is 9.90. The molecule has 0 fully saturated rings. The van der Waals surface area contributed by atoms with Crippen molar-refractivity contribution in [1.82, 2.24) is 0 Å². The molecule has 1 unspecified atom stereocenters. The highest BCUT2D eigenvalue weighted by Gasteiger charge is 2.35. The lowest BCUT2D eigenvalue weighted by atomic mass is 9.87. The molecule has 0 saturated carbocycles. The topological polar surface area (TPSA) is 95.4 Å². The largest absolute Gasteiger partial charge is 0.460 e. The molecule has 0 amide bonds. The normalized spacial score (nSPS) is 14.3. The SMILES string of the molecule is NC(CCC[C@H](N)C(=O)OCc1ccccc1)C(=O)C1c2ccccc2-c2ccccc21. The first kappa shape index (κ1) is 21.9. The van der Waals surface area contributed by atoms with Crippen LogP contribution in [-0.2, 0) is 20.9 Å². The van der Waals surface area contributed by atoms with Gasteiger partial charge in [-0.25, -0.2) is 0 Å². The molecule has 1 aliphatic rings. The van der Waals surface area contributed by atoms with Crippen LogP contribution in [0.3, 0.4) is 0 Å². The highest BCUT2D eigenvalue weighted by molar-refractivity contribution is 5.99. The third-order valence-electron chi connectivity index (χ3n) is 6.04. The van der Waals surface area contributed by atoms with Crippen molar-refractivity contribution in [3.63, 3.8) is 0 Å². The zero-order chi connectivity index (χ0) is 22.5. The zero-order valence-electron chi connectivity index (χ0n) is 17.9. The predicted octanol–water partition coefficient (Wildman–Crippen LogP) is 3.94. The maximum Gasteiger partial charge on any atom is 0.323 e. The van der Waals surface area contributed by atoms with E-state index < -0.39 is 18.1 Å². The summed E-state index contributed by atoms with van der Waals surface area (Å²) in [4.78, 5) is 25.5. The van der Waals surface area contributed by atoms with E-state index in [0.717, 1.165) is 27.8 Å². The molecule has 2 atom stereocenters. The van der Waals surface area contributed by atoms with Gasteiger partial charge in [-0.1, -0.05) is 78.9 Å². The first-order valence-corrected chi connectivity index (χ1v) is 11.0. The Morgan fingerprint density at radius 1 is 0.750 bits per heavy atom. The average molecular weight is 429 g/mol. The highest BCUT2D eigenvalue weighted by Crippen LogP contribution is 2.45. The molecule has 0 aromatic heterocycles. The fourth-order valence-corrected chi connectivity index (χ4v) is 4.33. The number of hydrogen-bond donors (Lipinski definition) is 2. The molecule has 0 aliphatic heterocycles. The van der Waals surface area contributed by atoms with Crippen molar-refractivity contribution < 1.29 is 14.3 Å². The average Bonchev–Trinajstić information content (AvgIpc) is 3.17. The summed E-state index contributed by atoms with van der Waals surface area (Å²) in [5, 5.41) is 0. The number of ether oxygens (including phenoxy) is 1. The summed E-state index contributed by atoms with van der Waals surface area (Å²) in [6, 6.07) is 24.1. The van der Waals surface area contributed by atoms with Gasteiger partial charge in [0.05, 0.1) is 12.0 Å². The lowest BCUT2D eigenvalue weighted by molar-refractivity contribution is -0.146. The van der Waals surface area contributed by atoms with Gasteiger partial charge >= 0.3 is 5.97 Å². The molecule has 4 N–H and O–H groups in total. The van der Waals surface area contributed by atoms with Crippen molar-refractivity contribution >= 4 is 11.8 Å². The molecule has 5 nitrogen and oxygen atoms in total. The molecule has 1 aliphatic carbocycles. The Labute approximate surface area is 188 Å². The van der Waals surface area contributed by atoms with Crippen LogP contribution in [0.2, 0.25) is 0 Å². The van der Waals surface area contributed by atoms with Crippen LogP contribution < -0.4 is 11.5 Å². The third kappa shape index (κ3) is 4.64. The summed E-state index contributed by atoms with van der Waals surface area (Å²) in [6.45, 7) is 0.200. The van der Waals surface area contributed by atoms with Crippen LogP contribution in [0.15, 0.2) is 78.9 Å². The van der Waals surface area contributed by atoms with E-state index in [1.807, 2.05) is 78.9 Å². The van der Waals surface area contributed by atoms with E-state index >= 15 is 0 Å². The second-order valence-corrected chi connectivity index (χ2v) is 8.25. The smallest absolute Gasteiger partial charge is 0.323 e. The minimum Gasteiger partial charge on any atom is -0.460 e. The van der Waals surface area contributed by atoms with Crippen LogP contribution >= 0.6 is 0 Å². The number of ketones is 1. The van der Waals surface area contributed by atoms with E-state index in [2.05, 4.69) is 0 Å². The van der Waals surface area contributed by atoms with E-state index in [4.69, 9.17) is 16.2 Å². The Bertz CT molecular complexity index is 1050. The van der Waals surface area contributed by atoms with Crippen LogP contribution in [0, 0.1) is 0 Å². The van der Waals surface area contributed by atoms with Gasteiger partial charge in [-0.2, -0.15) is 0 Å². The zero-order valence-corrected chi connectivity index (χ0v) is 17.9. The Morgan fingerprint density at radius 2 is 1.28 bits per heavy atom. The highest BCUT2D eigenvalue weighted by atomic mass is 16.5. The lowest BCUT2D eigenvalue weighted by Gasteiger charge is -2.18. The van der Waals surface area contributed by atoms with Gasteiger partial charge in [0.25, 0.3) is 0 Å². The van der Waals surface area contributed by atoms with Gasteiger partial charge in [0.15, 0.2) is 5.78 Å². The van der Waals surface area contributed by atoms with E-state index in [0.29, 0.717) is 19.3 Å². The lowest BCUT2D eigenvalue weighted by Crippen LogP contribution is -2.36. The quantitative estimate of drug-likeness (QED) is 0.504. The molecule has 0 radical (unpaired) electrons. The molecule has 0 bridgehead atoms. The van der Waals surface area contributed by atoms with Gasteiger partial charge in [0, 0.05) is 0 Å². The van der Waals surface area contributed by atoms with Crippen molar-refractivity contribution in [2.45, 2.75) is 43.9 Å². The molecule has 3 aromatic rings. The first-order chi connectivity index (χ1) is 15.6. The van der Waals surface area contributed by atoms with Gasteiger partial charge < -0.3 is 16.2 Å². The Morgan fingerprint density at radius 3 is 1.91 bits per heavy atom. The van der Waals surface area contributed by atoms with Crippen molar-refractivity contribution in [1.29, 1.82) is 0 Å². The van der Waals surface area contributed by atoms with Crippen LogP contribution in [0.25, 0.3) is 11.1 Å². The molecule has 0 heterocycles. The van der Waals surface area contributed by atoms with Gasteiger partial charge in [-0.15, -0.1) is 0 Å². The number of benzene rings is 3. The maximum absolute atomic E-state index is 13.3. The Kier molecular flexibility index (Phi) is 6.78. The molecular weight excluding hydrogens is 400 g/mol. The number of esters is 1. The number of carbonyl (C=O) groups is 2. The fourth-order valence-electron chi connectivity index (χ4n) is 4.33. The molecule has 4 rings (SSSR count). The fraction of sp³-hybridized carbons (Fsp3) is 0.259. The number of Topliss-reactive ketones (excluding diaryl/α,β-unsaturated/α-hetero) is 1. The van der Waals surface area contributed by atoms with Gasteiger partial charge in [0.2, 0.25) is 0 Å². The van der Waals surface area contributed by atoms with Crippen LogP contribution in [0.1, 0.15) is 41.9 Å². The summed E-state index contributed by atoms with van der Waals surface area (Å²) in [5.41, 5.74) is 17.4. The molecule has 32 heavy (non-hydrogen) atoms. The number of carbonyl (C=O) groups excluding carboxylic acids is 2. The second-order valence-electron chi connectivity index (χ2n) is 8.25. The maximum atomic E-state index is 13.3. The summed E-state index contributed by atoms with van der Waals surface area (Å²) >= 11 is 0. The minimum absolute atomic E-state index is 0.00243. The van der Waals surface area contributed by atoms with Crippen LogP contribution in [0.4, 0.5) is 0 Å². The van der Waals surface area contributed by atoms with Crippen molar-refractivity contribution in [3.05, 3.63) is 95.6 Å². The standard InChI is InChI=1S/C27H28N2O3/c28-23(15-8-16-24(29)27(31)32-17-18-9-2-1-3-10-18)26(30)25-21-13-6-4-11-19(21)20-12-5-7-14-22(20)25/h1-7,9-14,23-25H,8,15-17,28-29H2/t23?,24-/m0/s1. The summed E-state index contributed by atoms with van der Waals surface area (Å²) < 4.78 is 5.29. The minimum atomic E-state index is -0.728. The number of rotatable bonds is 9. The van der Waals surface area contributed by atoms with Gasteiger partial charge in [-0.05, 0) is 47.1 Å². The summed E-state index contributed by atoms with van der Waals surface area (Å²) in [6.07, 6.45) is 1.47. The van der Waals surface area contributed by atoms with Crippen molar-refractivity contribution in [3.8, 4) is 11.1 Å². The van der Waals surface area contributed by atoms with E-state index in [1.54, 1.807) is 0 Å². The van der Waals surface area contributed by atoms with Crippen LogP contribution in [0.5, 0.6) is 0 Å². The molecule has 164 valence electrons. The molecule has 3 aromatic carbocycles. The van der Waals surface area contributed by atoms with Gasteiger partial charge in [-0.3, -0.25) is 9.59 Å². The molecule has 0 saturated heterocycles. The third-order valence-corrected chi connectivity index (χ3v) is 6.04. The first-order valence-electron chi connectivity index (χ1n) is 11.0. The molecular formula is C27H28N2O3. The monoisotopic (exact) mass is 428 g/mol. The Balaban J connectivity index is 1.31. The van der Waals surface area contributed by atoms with E-state index in [9.17, 15) is 9.59 Å². The Hall–Kier alpha value is -3.28.